The Morgan fingerprint density at radius 1 is 1.07 bits per heavy atom. The number of benzene rings is 2. The number of hydrogen-bond donors (Lipinski definition) is 0. The van der Waals surface area contributed by atoms with Crippen LogP contribution in [-0.4, -0.2) is 26.0 Å². The summed E-state index contributed by atoms with van der Waals surface area (Å²) < 4.78 is 30.5. The van der Waals surface area contributed by atoms with Crippen LogP contribution in [0, 0.1) is 0 Å². The standard InChI is InChI=1S/C24H30NO4P/c1-6-27-30(26,28-7-2)17-18-12-13-22-19(16-18)14-15-24(29-22)23(3,4)20-10-8-9-11-21(20)25(24)5/h8-16H,6-7,17H2,1-5H3. The van der Waals surface area contributed by atoms with Crippen molar-refractivity contribution in [3.63, 3.8) is 0 Å². The lowest BCUT2D eigenvalue weighted by atomic mass is 9.76. The van der Waals surface area contributed by atoms with E-state index in [1.165, 1.54) is 11.3 Å². The van der Waals surface area contributed by atoms with Gasteiger partial charge in [0, 0.05) is 18.3 Å². The van der Waals surface area contributed by atoms with Crippen LogP contribution in [0.25, 0.3) is 6.08 Å². The highest BCUT2D eigenvalue weighted by Crippen LogP contribution is 2.55. The quantitative estimate of drug-likeness (QED) is 0.531. The molecule has 2 aromatic rings. The minimum atomic E-state index is -3.15. The Bertz CT molecular complexity index is 1020. The fourth-order valence-electron chi connectivity index (χ4n) is 4.67. The number of fused-ring (bicyclic) bond motifs is 2. The Balaban J connectivity index is 1.66. The van der Waals surface area contributed by atoms with Crippen LogP contribution in [0.15, 0.2) is 48.5 Å². The molecule has 30 heavy (non-hydrogen) atoms. The molecule has 0 saturated heterocycles. The van der Waals surface area contributed by atoms with E-state index in [0.29, 0.717) is 13.2 Å². The van der Waals surface area contributed by atoms with Crippen molar-refractivity contribution in [1.82, 2.24) is 0 Å². The van der Waals surface area contributed by atoms with E-state index in [1.807, 2.05) is 32.0 Å². The lowest BCUT2D eigenvalue weighted by Crippen LogP contribution is -2.58. The summed E-state index contributed by atoms with van der Waals surface area (Å²) in [5.74, 6) is 0.816. The third kappa shape index (κ3) is 3.20. The molecule has 0 N–H and O–H groups in total. The first-order chi connectivity index (χ1) is 14.3. The first-order valence-corrected chi connectivity index (χ1v) is 12.2. The summed E-state index contributed by atoms with van der Waals surface area (Å²) in [4.78, 5) is 2.22. The van der Waals surface area contributed by atoms with Crippen molar-refractivity contribution in [3.8, 4) is 5.75 Å². The Labute approximate surface area is 179 Å². The summed E-state index contributed by atoms with van der Waals surface area (Å²) in [6.45, 7) is 8.81. The molecule has 0 fully saturated rings. The Hall–Kier alpha value is -2.07. The van der Waals surface area contributed by atoms with Gasteiger partial charge in [-0.15, -0.1) is 0 Å². The molecule has 2 aliphatic heterocycles. The van der Waals surface area contributed by atoms with Gasteiger partial charge in [0.25, 0.3) is 0 Å². The number of ether oxygens (including phenoxy) is 1. The zero-order chi connectivity index (χ0) is 21.6. The normalized spacial score (nSPS) is 21.4. The smallest absolute Gasteiger partial charge is 0.335 e. The maximum Gasteiger partial charge on any atom is 0.335 e. The molecule has 160 valence electrons. The van der Waals surface area contributed by atoms with E-state index < -0.39 is 13.3 Å². The topological polar surface area (TPSA) is 48.0 Å². The molecule has 2 aliphatic rings. The minimum Gasteiger partial charge on any atom is -0.463 e. The van der Waals surface area contributed by atoms with Gasteiger partial charge in [0.15, 0.2) is 0 Å². The van der Waals surface area contributed by atoms with Crippen molar-refractivity contribution < 1.29 is 18.3 Å². The SMILES string of the molecule is CCOP(=O)(Cc1ccc2c(c1)C=CC1(O2)N(C)c2ccccc2C1(C)C)OCC. The average Bonchev–Trinajstić information content (AvgIpc) is 2.87. The molecule has 2 heterocycles. The summed E-state index contributed by atoms with van der Waals surface area (Å²) in [5, 5.41) is 0. The van der Waals surface area contributed by atoms with Gasteiger partial charge >= 0.3 is 7.60 Å². The molecule has 0 aliphatic carbocycles. The second-order valence-electron chi connectivity index (χ2n) is 8.31. The van der Waals surface area contributed by atoms with Crippen LogP contribution >= 0.6 is 7.60 Å². The van der Waals surface area contributed by atoms with Crippen molar-refractivity contribution >= 4 is 19.4 Å². The van der Waals surface area contributed by atoms with Gasteiger partial charge in [0.05, 0.1) is 24.8 Å². The van der Waals surface area contributed by atoms with Crippen LogP contribution < -0.4 is 9.64 Å². The summed E-state index contributed by atoms with van der Waals surface area (Å²) in [6, 6.07) is 14.4. The second-order valence-corrected chi connectivity index (χ2v) is 10.4. The van der Waals surface area contributed by atoms with E-state index in [1.54, 1.807) is 0 Å². The van der Waals surface area contributed by atoms with Gasteiger partial charge in [0.1, 0.15) is 5.75 Å². The molecular weight excluding hydrogens is 397 g/mol. The van der Waals surface area contributed by atoms with Crippen molar-refractivity contribution in [2.75, 3.05) is 25.2 Å². The van der Waals surface area contributed by atoms with Crippen molar-refractivity contribution in [1.29, 1.82) is 0 Å². The van der Waals surface area contributed by atoms with Gasteiger partial charge in [-0.25, -0.2) is 0 Å². The Morgan fingerprint density at radius 2 is 1.77 bits per heavy atom. The maximum atomic E-state index is 12.9. The molecule has 0 saturated carbocycles. The third-order valence-corrected chi connectivity index (χ3v) is 8.24. The van der Waals surface area contributed by atoms with Crippen LogP contribution in [0.4, 0.5) is 5.69 Å². The van der Waals surface area contributed by atoms with Gasteiger partial charge in [-0.1, -0.05) is 24.3 Å². The van der Waals surface area contributed by atoms with Crippen molar-refractivity contribution in [2.45, 2.75) is 45.0 Å². The molecule has 1 unspecified atom stereocenters. The average molecular weight is 427 g/mol. The highest BCUT2D eigenvalue weighted by atomic mass is 31.2. The molecule has 4 rings (SSSR count). The van der Waals surface area contributed by atoms with Crippen LogP contribution in [0.2, 0.25) is 0 Å². The fraction of sp³-hybridized carbons (Fsp3) is 0.417. The van der Waals surface area contributed by atoms with Gasteiger partial charge in [-0.05, 0) is 69.2 Å². The summed E-state index contributed by atoms with van der Waals surface area (Å²) in [5.41, 5.74) is 3.50. The van der Waals surface area contributed by atoms with Gasteiger partial charge in [0.2, 0.25) is 5.72 Å². The Kier molecular flexibility index (Phi) is 5.34. The van der Waals surface area contributed by atoms with Crippen LogP contribution in [0.3, 0.4) is 0 Å². The fourth-order valence-corrected chi connectivity index (χ4v) is 6.36. The predicted molar refractivity (Wildman–Crippen MR) is 121 cm³/mol. The van der Waals surface area contributed by atoms with Crippen LogP contribution in [0.1, 0.15) is 44.4 Å². The van der Waals surface area contributed by atoms with E-state index in [-0.39, 0.29) is 11.6 Å². The molecule has 1 atom stereocenters. The molecule has 6 heteroatoms. The molecule has 0 aromatic heterocycles. The second kappa shape index (κ2) is 7.56. The van der Waals surface area contributed by atoms with Gasteiger partial charge in [-0.3, -0.25) is 4.57 Å². The number of para-hydroxylation sites is 1. The van der Waals surface area contributed by atoms with Crippen LogP contribution in [0.5, 0.6) is 5.75 Å². The van der Waals surface area contributed by atoms with E-state index in [0.717, 1.165) is 16.9 Å². The van der Waals surface area contributed by atoms with Crippen LogP contribution in [-0.2, 0) is 25.2 Å². The first kappa shape index (κ1) is 21.2. The summed E-state index contributed by atoms with van der Waals surface area (Å²) >= 11 is 0. The molecule has 5 nitrogen and oxygen atoms in total. The first-order valence-electron chi connectivity index (χ1n) is 10.5. The molecule has 0 amide bonds. The highest BCUT2D eigenvalue weighted by molar-refractivity contribution is 7.53. The monoisotopic (exact) mass is 427 g/mol. The highest BCUT2D eigenvalue weighted by Gasteiger charge is 2.57. The molecule has 0 radical (unpaired) electrons. The lowest BCUT2D eigenvalue weighted by molar-refractivity contribution is 0.0581. The minimum absolute atomic E-state index is 0.231. The molecule has 1 spiro atoms. The Morgan fingerprint density at radius 3 is 2.43 bits per heavy atom. The van der Waals surface area contributed by atoms with Crippen molar-refractivity contribution in [3.05, 3.63) is 65.2 Å². The zero-order valence-electron chi connectivity index (χ0n) is 18.3. The van der Waals surface area contributed by atoms with E-state index in [9.17, 15) is 4.57 Å². The maximum absolute atomic E-state index is 12.9. The predicted octanol–water partition coefficient (Wildman–Crippen LogP) is 5.98. The third-order valence-electron chi connectivity index (χ3n) is 6.19. The summed E-state index contributed by atoms with van der Waals surface area (Å²) in [7, 11) is -1.07. The summed E-state index contributed by atoms with van der Waals surface area (Å²) in [6.07, 6.45) is 4.50. The van der Waals surface area contributed by atoms with E-state index in [4.69, 9.17) is 13.8 Å². The number of anilines is 1. The molecule has 0 bridgehead atoms. The van der Waals surface area contributed by atoms with Crippen molar-refractivity contribution in [2.24, 2.45) is 0 Å². The number of rotatable bonds is 6. The molecule has 2 aromatic carbocycles. The lowest BCUT2D eigenvalue weighted by Gasteiger charge is -2.45. The molecular formula is C24H30NO4P. The van der Waals surface area contributed by atoms with Gasteiger partial charge in [-0.2, -0.15) is 0 Å². The number of hydrogen-bond acceptors (Lipinski definition) is 5. The van der Waals surface area contributed by atoms with Gasteiger partial charge < -0.3 is 18.7 Å². The number of nitrogens with zero attached hydrogens (tertiary/aromatic N) is 1. The van der Waals surface area contributed by atoms with E-state index >= 15 is 0 Å². The number of likely N-dealkylation sites (N-methyl/N-ethyl adjacent to an activating group) is 1. The zero-order valence-corrected chi connectivity index (χ0v) is 19.2. The van der Waals surface area contributed by atoms with E-state index in [2.05, 4.69) is 62.2 Å². The largest absolute Gasteiger partial charge is 0.463 e.